The SMILES string of the molecule is CCCCCCNc1nc(C)no1. The summed E-state index contributed by atoms with van der Waals surface area (Å²) in [5.41, 5.74) is 0. The van der Waals surface area contributed by atoms with Gasteiger partial charge in [-0.2, -0.15) is 4.98 Å². The summed E-state index contributed by atoms with van der Waals surface area (Å²) < 4.78 is 4.90. The van der Waals surface area contributed by atoms with Crippen molar-refractivity contribution in [2.24, 2.45) is 0 Å². The van der Waals surface area contributed by atoms with Gasteiger partial charge in [0.05, 0.1) is 0 Å². The van der Waals surface area contributed by atoms with Gasteiger partial charge in [0.25, 0.3) is 0 Å². The first-order chi connectivity index (χ1) is 6.33. The van der Waals surface area contributed by atoms with E-state index < -0.39 is 0 Å². The summed E-state index contributed by atoms with van der Waals surface area (Å²) in [5.74, 6) is 0.677. The first-order valence-corrected chi connectivity index (χ1v) is 4.87. The van der Waals surface area contributed by atoms with Crippen molar-refractivity contribution < 1.29 is 4.52 Å². The number of nitrogens with zero attached hydrogens (tertiary/aromatic N) is 2. The second kappa shape index (κ2) is 5.56. The fourth-order valence-electron chi connectivity index (χ4n) is 1.12. The van der Waals surface area contributed by atoms with Crippen LogP contribution in [-0.4, -0.2) is 16.7 Å². The second-order valence-electron chi connectivity index (χ2n) is 3.13. The molecule has 13 heavy (non-hydrogen) atoms. The van der Waals surface area contributed by atoms with Crippen molar-refractivity contribution in [3.05, 3.63) is 5.82 Å². The number of unbranched alkanes of at least 4 members (excludes halogenated alkanes) is 3. The summed E-state index contributed by atoms with van der Waals surface area (Å²) in [6.45, 7) is 4.93. The fourth-order valence-corrected chi connectivity index (χ4v) is 1.12. The maximum absolute atomic E-state index is 4.90. The van der Waals surface area contributed by atoms with Gasteiger partial charge in [0, 0.05) is 6.54 Å². The van der Waals surface area contributed by atoms with Crippen molar-refractivity contribution in [2.45, 2.75) is 39.5 Å². The van der Waals surface area contributed by atoms with E-state index in [9.17, 15) is 0 Å². The van der Waals surface area contributed by atoms with Gasteiger partial charge in [-0.1, -0.05) is 31.3 Å². The number of aromatic nitrogens is 2. The molecule has 1 N–H and O–H groups in total. The van der Waals surface area contributed by atoms with E-state index in [0.29, 0.717) is 11.8 Å². The van der Waals surface area contributed by atoms with E-state index in [1.807, 2.05) is 6.92 Å². The average Bonchev–Trinajstić information content (AvgIpc) is 2.51. The number of hydrogen-bond acceptors (Lipinski definition) is 4. The maximum Gasteiger partial charge on any atom is 0.321 e. The smallest absolute Gasteiger partial charge is 0.321 e. The summed E-state index contributed by atoms with van der Waals surface area (Å²) in [4.78, 5) is 4.04. The van der Waals surface area contributed by atoms with Crippen molar-refractivity contribution in [1.29, 1.82) is 0 Å². The molecule has 0 unspecified atom stereocenters. The lowest BCUT2D eigenvalue weighted by atomic mass is 10.2. The summed E-state index contributed by atoms with van der Waals surface area (Å²) in [6.07, 6.45) is 4.98. The van der Waals surface area contributed by atoms with Gasteiger partial charge in [-0.25, -0.2) is 0 Å². The van der Waals surface area contributed by atoms with Crippen LogP contribution in [0.3, 0.4) is 0 Å². The molecule has 0 aliphatic rings. The molecule has 74 valence electrons. The molecule has 1 heterocycles. The average molecular weight is 183 g/mol. The van der Waals surface area contributed by atoms with Crippen LogP contribution in [0.5, 0.6) is 0 Å². The van der Waals surface area contributed by atoms with E-state index in [2.05, 4.69) is 22.4 Å². The quantitative estimate of drug-likeness (QED) is 0.688. The van der Waals surface area contributed by atoms with Crippen molar-refractivity contribution in [1.82, 2.24) is 10.1 Å². The first kappa shape index (κ1) is 10.0. The summed E-state index contributed by atoms with van der Waals surface area (Å²) in [5, 5.41) is 6.77. The molecule has 0 aliphatic heterocycles. The van der Waals surface area contributed by atoms with Crippen LogP contribution < -0.4 is 5.32 Å². The predicted molar refractivity (Wildman–Crippen MR) is 51.7 cm³/mol. The van der Waals surface area contributed by atoms with Gasteiger partial charge in [-0.05, 0) is 13.3 Å². The molecule has 0 atom stereocenters. The van der Waals surface area contributed by atoms with Gasteiger partial charge < -0.3 is 9.84 Å². The highest BCUT2D eigenvalue weighted by Gasteiger charge is 1.99. The summed E-state index contributed by atoms with van der Waals surface area (Å²) in [7, 11) is 0. The van der Waals surface area contributed by atoms with Crippen LogP contribution in [0.1, 0.15) is 38.4 Å². The van der Waals surface area contributed by atoms with E-state index in [1.165, 1.54) is 19.3 Å². The van der Waals surface area contributed by atoms with E-state index in [4.69, 9.17) is 4.52 Å². The molecular weight excluding hydrogens is 166 g/mol. The minimum Gasteiger partial charge on any atom is -0.338 e. The Balaban J connectivity index is 2.06. The largest absolute Gasteiger partial charge is 0.338 e. The van der Waals surface area contributed by atoms with Crippen molar-refractivity contribution in [2.75, 3.05) is 11.9 Å². The van der Waals surface area contributed by atoms with Crippen molar-refractivity contribution in [3.63, 3.8) is 0 Å². The highest BCUT2D eigenvalue weighted by molar-refractivity contribution is 5.17. The van der Waals surface area contributed by atoms with Crippen molar-refractivity contribution >= 4 is 6.01 Å². The minimum absolute atomic E-state index is 0.536. The molecule has 1 aromatic rings. The predicted octanol–water partition coefficient (Wildman–Crippen LogP) is 2.37. The van der Waals surface area contributed by atoms with E-state index in [0.717, 1.165) is 13.0 Å². The molecule has 4 heteroatoms. The van der Waals surface area contributed by atoms with Crippen molar-refractivity contribution in [3.8, 4) is 0 Å². The molecule has 0 spiro atoms. The Bertz CT molecular complexity index is 235. The molecule has 0 saturated carbocycles. The Morgan fingerprint density at radius 2 is 2.15 bits per heavy atom. The highest BCUT2D eigenvalue weighted by Crippen LogP contribution is 2.03. The van der Waals surface area contributed by atoms with E-state index in [-0.39, 0.29) is 0 Å². The Morgan fingerprint density at radius 3 is 2.77 bits per heavy atom. The zero-order chi connectivity index (χ0) is 9.52. The normalized spacial score (nSPS) is 10.3. The second-order valence-corrected chi connectivity index (χ2v) is 3.13. The van der Waals surface area contributed by atoms with Crippen LogP contribution in [0, 0.1) is 6.92 Å². The monoisotopic (exact) mass is 183 g/mol. The lowest BCUT2D eigenvalue weighted by Gasteiger charge is -1.99. The number of rotatable bonds is 6. The molecule has 1 aromatic heterocycles. The van der Waals surface area contributed by atoms with Gasteiger partial charge in [-0.15, -0.1) is 0 Å². The first-order valence-electron chi connectivity index (χ1n) is 4.87. The lowest BCUT2D eigenvalue weighted by molar-refractivity contribution is 0.425. The zero-order valence-electron chi connectivity index (χ0n) is 8.34. The highest BCUT2D eigenvalue weighted by atomic mass is 16.5. The molecule has 4 nitrogen and oxygen atoms in total. The fraction of sp³-hybridized carbons (Fsp3) is 0.778. The molecule has 0 bridgehead atoms. The summed E-state index contributed by atoms with van der Waals surface area (Å²) in [6, 6.07) is 0.536. The summed E-state index contributed by atoms with van der Waals surface area (Å²) >= 11 is 0. The molecule has 1 rings (SSSR count). The molecule has 0 fully saturated rings. The van der Waals surface area contributed by atoms with Crippen LogP contribution in [0.15, 0.2) is 4.52 Å². The number of anilines is 1. The standard InChI is InChI=1S/C9H17N3O/c1-3-4-5-6-7-10-9-11-8(2)12-13-9/h3-7H2,1-2H3,(H,10,11,12). The van der Waals surface area contributed by atoms with Gasteiger partial charge in [0.1, 0.15) is 0 Å². The topological polar surface area (TPSA) is 51.0 Å². The molecule has 0 aromatic carbocycles. The Hall–Kier alpha value is -1.06. The minimum atomic E-state index is 0.536. The third kappa shape index (κ3) is 3.92. The zero-order valence-corrected chi connectivity index (χ0v) is 8.34. The van der Waals surface area contributed by atoms with Crippen LogP contribution >= 0.6 is 0 Å². The van der Waals surface area contributed by atoms with Crippen LogP contribution in [0.4, 0.5) is 6.01 Å². The van der Waals surface area contributed by atoms with E-state index in [1.54, 1.807) is 0 Å². The molecular formula is C9H17N3O. The molecule has 0 radical (unpaired) electrons. The number of hydrogen-bond donors (Lipinski definition) is 1. The van der Waals surface area contributed by atoms with Crippen LogP contribution in [-0.2, 0) is 0 Å². The molecule has 0 amide bonds. The third-order valence-corrected chi connectivity index (χ3v) is 1.83. The van der Waals surface area contributed by atoms with Crippen LogP contribution in [0.2, 0.25) is 0 Å². The Labute approximate surface area is 78.7 Å². The van der Waals surface area contributed by atoms with Gasteiger partial charge in [-0.3, -0.25) is 0 Å². The van der Waals surface area contributed by atoms with Gasteiger partial charge >= 0.3 is 6.01 Å². The maximum atomic E-state index is 4.90. The Kier molecular flexibility index (Phi) is 4.29. The number of aryl methyl sites for hydroxylation is 1. The van der Waals surface area contributed by atoms with Gasteiger partial charge in [0.2, 0.25) is 0 Å². The third-order valence-electron chi connectivity index (χ3n) is 1.83. The Morgan fingerprint density at radius 1 is 1.31 bits per heavy atom. The van der Waals surface area contributed by atoms with Gasteiger partial charge in [0.15, 0.2) is 5.82 Å². The lowest BCUT2D eigenvalue weighted by Crippen LogP contribution is -2.01. The molecule has 0 aliphatic carbocycles. The van der Waals surface area contributed by atoms with Crippen LogP contribution in [0.25, 0.3) is 0 Å². The van der Waals surface area contributed by atoms with E-state index >= 15 is 0 Å². The molecule has 0 saturated heterocycles. The number of nitrogens with one attached hydrogen (secondary N) is 1.